The molecule has 0 aliphatic carbocycles. The van der Waals surface area contributed by atoms with Gasteiger partial charge in [0, 0.05) is 29.5 Å². The minimum atomic E-state index is -0.642. The summed E-state index contributed by atoms with van der Waals surface area (Å²) in [5.41, 5.74) is 5.63. The zero-order valence-corrected chi connectivity index (χ0v) is 27.3. The molecule has 47 heavy (non-hydrogen) atoms. The second-order valence-corrected chi connectivity index (χ2v) is 12.8. The molecule has 0 saturated carbocycles. The van der Waals surface area contributed by atoms with Gasteiger partial charge in [-0.15, -0.1) is 0 Å². The maximum absolute atomic E-state index is 12.7. The molecule has 9 heteroatoms. The Labute approximate surface area is 280 Å². The molecule has 1 heterocycles. The van der Waals surface area contributed by atoms with E-state index in [1.165, 1.54) is 6.92 Å². The summed E-state index contributed by atoms with van der Waals surface area (Å²) in [5, 5.41) is 24.7. The van der Waals surface area contributed by atoms with Crippen LogP contribution in [0.5, 0.6) is 0 Å². The van der Waals surface area contributed by atoms with Crippen molar-refractivity contribution in [2.75, 3.05) is 18.1 Å². The standard InChI is InChI=1S/C38H42N2O6S/c1-26(43)33(22-27-8-4-2-5-9-27)40-38(44)39-23-28-12-18-32(19-13-28)37-45-34(25-47-21-20-41)35(30-10-6-3-7-11-30)36(46-37)31-16-14-29(24-42)15-17-31/h2-19,33-37,41-42H,20-25H2,1H3,(H2,39,40,44)/t33-,34-,35-,36+,37?/m1/s1. The zero-order chi connectivity index (χ0) is 33.0. The van der Waals surface area contributed by atoms with E-state index in [1.54, 1.807) is 11.8 Å². The molecule has 1 aliphatic heterocycles. The predicted molar refractivity (Wildman–Crippen MR) is 184 cm³/mol. The van der Waals surface area contributed by atoms with E-state index in [2.05, 4.69) is 22.8 Å². The van der Waals surface area contributed by atoms with Crippen LogP contribution in [0.25, 0.3) is 0 Å². The molecule has 4 aromatic carbocycles. The molecule has 0 radical (unpaired) electrons. The van der Waals surface area contributed by atoms with Gasteiger partial charge in [0.15, 0.2) is 12.1 Å². The quantitative estimate of drug-likeness (QED) is 0.126. The number of ether oxygens (including phenoxy) is 2. The van der Waals surface area contributed by atoms with E-state index < -0.39 is 18.4 Å². The Hall–Kier alpha value is -3.99. The van der Waals surface area contributed by atoms with E-state index in [1.807, 2.05) is 97.1 Å². The topological polar surface area (TPSA) is 117 Å². The summed E-state index contributed by atoms with van der Waals surface area (Å²) in [6, 6.07) is 34.4. The number of aliphatic hydroxyl groups is 2. The number of hydrogen-bond donors (Lipinski definition) is 4. The fourth-order valence-corrected chi connectivity index (χ4v) is 6.56. The van der Waals surface area contributed by atoms with Crippen LogP contribution in [0, 0.1) is 0 Å². The minimum absolute atomic E-state index is 0.0338. The molecular formula is C38H42N2O6S. The van der Waals surface area contributed by atoms with Gasteiger partial charge in [0.05, 0.1) is 31.5 Å². The number of urea groups is 1. The molecule has 1 unspecified atom stereocenters. The molecule has 1 aliphatic rings. The number of benzene rings is 4. The lowest BCUT2D eigenvalue weighted by Crippen LogP contribution is -2.46. The number of nitrogens with one attached hydrogen (secondary N) is 2. The number of aliphatic hydroxyl groups excluding tert-OH is 2. The van der Waals surface area contributed by atoms with Crippen LogP contribution in [0.3, 0.4) is 0 Å². The summed E-state index contributed by atoms with van der Waals surface area (Å²) in [4.78, 5) is 24.9. The highest BCUT2D eigenvalue weighted by Crippen LogP contribution is 2.47. The molecule has 2 amide bonds. The summed E-state index contributed by atoms with van der Waals surface area (Å²) in [6.07, 6.45) is -0.738. The highest BCUT2D eigenvalue weighted by atomic mass is 32.2. The number of Topliss-reactive ketones (excluding diaryl/α,β-unsaturated/α-hetero) is 1. The SMILES string of the molecule is CC(=O)[C@@H](Cc1ccccc1)NC(=O)NCc1ccc(C2O[C@H](CSCCO)[C@@H](c3ccccc3)[C@H](c3ccc(CO)cc3)O2)cc1. The molecule has 1 saturated heterocycles. The van der Waals surface area contributed by atoms with E-state index in [9.17, 15) is 19.8 Å². The van der Waals surface area contributed by atoms with Crippen LogP contribution in [-0.4, -0.2) is 52.3 Å². The highest BCUT2D eigenvalue weighted by molar-refractivity contribution is 7.99. The van der Waals surface area contributed by atoms with Crippen molar-refractivity contribution in [1.82, 2.24) is 10.6 Å². The van der Waals surface area contributed by atoms with Crippen LogP contribution in [0.2, 0.25) is 0 Å². The molecular weight excluding hydrogens is 612 g/mol. The molecule has 0 aromatic heterocycles. The third kappa shape index (κ3) is 9.53. The van der Waals surface area contributed by atoms with Crippen molar-refractivity contribution in [2.24, 2.45) is 0 Å². The van der Waals surface area contributed by atoms with Crippen LogP contribution in [-0.2, 0) is 33.8 Å². The first-order chi connectivity index (χ1) is 22.9. The normalized spacial score (nSPS) is 19.9. The van der Waals surface area contributed by atoms with Crippen molar-refractivity contribution < 1.29 is 29.3 Å². The third-order valence-electron chi connectivity index (χ3n) is 8.27. The summed E-state index contributed by atoms with van der Waals surface area (Å²) in [7, 11) is 0. The van der Waals surface area contributed by atoms with Gasteiger partial charge in [-0.3, -0.25) is 4.79 Å². The smallest absolute Gasteiger partial charge is 0.315 e. The first-order valence-electron chi connectivity index (χ1n) is 15.9. The van der Waals surface area contributed by atoms with Gasteiger partial charge in [-0.25, -0.2) is 4.79 Å². The van der Waals surface area contributed by atoms with Gasteiger partial charge in [0.1, 0.15) is 0 Å². The fraction of sp³-hybridized carbons (Fsp3) is 0.316. The number of rotatable bonds is 14. The molecule has 0 spiro atoms. The van der Waals surface area contributed by atoms with Crippen LogP contribution in [0.1, 0.15) is 58.6 Å². The predicted octanol–water partition coefficient (Wildman–Crippen LogP) is 5.84. The Morgan fingerprint density at radius 2 is 1.40 bits per heavy atom. The second kappa shape index (κ2) is 17.2. The monoisotopic (exact) mass is 654 g/mol. The summed E-state index contributed by atoms with van der Waals surface area (Å²) in [6.45, 7) is 1.82. The van der Waals surface area contributed by atoms with E-state index >= 15 is 0 Å². The third-order valence-corrected chi connectivity index (χ3v) is 9.31. The zero-order valence-electron chi connectivity index (χ0n) is 26.5. The van der Waals surface area contributed by atoms with Crippen molar-refractivity contribution in [1.29, 1.82) is 0 Å². The van der Waals surface area contributed by atoms with E-state index in [-0.39, 0.29) is 43.7 Å². The Morgan fingerprint density at radius 1 is 0.766 bits per heavy atom. The first-order valence-corrected chi connectivity index (χ1v) is 17.0. The number of carbonyl (C=O) groups is 2. The largest absolute Gasteiger partial charge is 0.396 e. The average molecular weight is 655 g/mol. The average Bonchev–Trinajstić information content (AvgIpc) is 3.11. The first kappa shape index (κ1) is 34.3. The number of thioether (sulfide) groups is 1. The maximum Gasteiger partial charge on any atom is 0.315 e. The van der Waals surface area contributed by atoms with Gasteiger partial charge in [-0.2, -0.15) is 11.8 Å². The Bertz CT molecular complexity index is 1550. The van der Waals surface area contributed by atoms with Crippen molar-refractivity contribution in [3.63, 3.8) is 0 Å². The van der Waals surface area contributed by atoms with Gasteiger partial charge in [-0.05, 0) is 41.2 Å². The lowest BCUT2D eigenvalue weighted by Gasteiger charge is -2.43. The Morgan fingerprint density at radius 3 is 2.04 bits per heavy atom. The Balaban J connectivity index is 1.29. The van der Waals surface area contributed by atoms with Crippen molar-refractivity contribution in [3.8, 4) is 0 Å². The summed E-state index contributed by atoms with van der Waals surface area (Å²) >= 11 is 1.65. The molecule has 4 N–H and O–H groups in total. The van der Waals surface area contributed by atoms with E-state index in [0.717, 1.165) is 33.4 Å². The molecule has 246 valence electrons. The van der Waals surface area contributed by atoms with Crippen molar-refractivity contribution in [2.45, 2.75) is 57.0 Å². The van der Waals surface area contributed by atoms with Gasteiger partial charge >= 0.3 is 6.03 Å². The molecule has 1 fully saturated rings. The van der Waals surface area contributed by atoms with E-state index in [0.29, 0.717) is 17.9 Å². The van der Waals surface area contributed by atoms with Crippen LogP contribution < -0.4 is 10.6 Å². The number of hydrogen-bond acceptors (Lipinski definition) is 7. The molecule has 8 nitrogen and oxygen atoms in total. The second-order valence-electron chi connectivity index (χ2n) is 11.6. The van der Waals surface area contributed by atoms with Gasteiger partial charge in [0.25, 0.3) is 0 Å². The van der Waals surface area contributed by atoms with Crippen LogP contribution >= 0.6 is 11.8 Å². The highest BCUT2D eigenvalue weighted by Gasteiger charge is 2.41. The summed E-state index contributed by atoms with van der Waals surface area (Å²) in [5.74, 6) is 1.08. The Kier molecular flexibility index (Phi) is 12.6. The van der Waals surface area contributed by atoms with Gasteiger partial charge in [0.2, 0.25) is 0 Å². The number of amides is 2. The fourth-order valence-electron chi connectivity index (χ4n) is 5.75. The molecule has 5 atom stereocenters. The van der Waals surface area contributed by atoms with Gasteiger partial charge in [-0.1, -0.05) is 109 Å². The van der Waals surface area contributed by atoms with Crippen molar-refractivity contribution >= 4 is 23.6 Å². The van der Waals surface area contributed by atoms with E-state index in [4.69, 9.17) is 9.47 Å². The lowest BCUT2D eigenvalue weighted by molar-refractivity contribution is -0.255. The molecule has 4 aromatic rings. The maximum atomic E-state index is 12.7. The summed E-state index contributed by atoms with van der Waals surface area (Å²) < 4.78 is 13.4. The van der Waals surface area contributed by atoms with Crippen LogP contribution in [0.4, 0.5) is 4.79 Å². The number of ketones is 1. The number of carbonyl (C=O) groups excluding carboxylic acids is 2. The lowest BCUT2D eigenvalue weighted by atomic mass is 9.84. The molecule has 0 bridgehead atoms. The minimum Gasteiger partial charge on any atom is -0.396 e. The van der Waals surface area contributed by atoms with Crippen molar-refractivity contribution in [3.05, 3.63) is 143 Å². The van der Waals surface area contributed by atoms with Gasteiger partial charge < -0.3 is 30.3 Å². The van der Waals surface area contributed by atoms with Crippen LogP contribution in [0.15, 0.2) is 109 Å². The molecule has 5 rings (SSSR count).